The molecule has 0 aromatic carbocycles. The molecule has 0 fully saturated rings. The Morgan fingerprint density at radius 2 is 1.69 bits per heavy atom. The number of thioether (sulfide) groups is 1. The maximum Gasteiger partial charge on any atom is 0.279 e. The Balaban J connectivity index is 4.05. The highest BCUT2D eigenvalue weighted by molar-refractivity contribution is 8.14. The first-order valence-electron chi connectivity index (χ1n) is 4.75. The molecule has 0 radical (unpaired) electrons. The zero-order chi connectivity index (χ0) is 10.6. The van der Waals surface area contributed by atoms with Gasteiger partial charge in [0.2, 0.25) is 0 Å². The van der Waals surface area contributed by atoms with Gasteiger partial charge < -0.3 is 5.32 Å². The molecular formula is C10H21NOS. The molecule has 0 bridgehead atoms. The van der Waals surface area contributed by atoms with Gasteiger partial charge in [-0.1, -0.05) is 25.6 Å². The van der Waals surface area contributed by atoms with Crippen LogP contribution < -0.4 is 5.32 Å². The fourth-order valence-corrected chi connectivity index (χ4v) is 1.63. The van der Waals surface area contributed by atoms with Gasteiger partial charge in [-0.05, 0) is 33.6 Å². The van der Waals surface area contributed by atoms with Crippen molar-refractivity contribution in [2.75, 3.05) is 0 Å². The second kappa shape index (κ2) is 4.89. The van der Waals surface area contributed by atoms with Crippen molar-refractivity contribution in [3.8, 4) is 0 Å². The van der Waals surface area contributed by atoms with Gasteiger partial charge in [-0.2, -0.15) is 0 Å². The van der Waals surface area contributed by atoms with Crippen molar-refractivity contribution >= 4 is 17.0 Å². The summed E-state index contributed by atoms with van der Waals surface area (Å²) in [6.45, 7) is 12.4. The number of carbonyl (C=O) groups excluding carboxylic acids is 1. The molecule has 0 aromatic heterocycles. The van der Waals surface area contributed by atoms with Crippen LogP contribution in [0.25, 0.3) is 0 Å². The summed E-state index contributed by atoms with van der Waals surface area (Å²) in [6, 6.07) is 0.225. The highest BCUT2D eigenvalue weighted by atomic mass is 32.2. The minimum absolute atomic E-state index is 0.0129. The van der Waals surface area contributed by atoms with Crippen LogP contribution in [0.5, 0.6) is 0 Å². The predicted molar refractivity (Wildman–Crippen MR) is 60.2 cm³/mol. The third kappa shape index (κ3) is 5.19. The van der Waals surface area contributed by atoms with Crippen LogP contribution in [-0.2, 0) is 0 Å². The van der Waals surface area contributed by atoms with Crippen LogP contribution in [-0.4, -0.2) is 16.0 Å². The Bertz CT molecular complexity index is 176. The SMILES string of the molecule is CC(C)NC(=O)SC(C)(C)C(C)C. The summed E-state index contributed by atoms with van der Waals surface area (Å²) in [5.41, 5.74) is 0. The number of hydrogen-bond donors (Lipinski definition) is 1. The number of rotatable bonds is 3. The van der Waals surface area contributed by atoms with Crippen LogP contribution in [0.2, 0.25) is 0 Å². The number of hydrogen-bond acceptors (Lipinski definition) is 2. The van der Waals surface area contributed by atoms with E-state index in [4.69, 9.17) is 0 Å². The molecule has 3 heteroatoms. The van der Waals surface area contributed by atoms with E-state index in [1.807, 2.05) is 13.8 Å². The Hall–Kier alpha value is -0.180. The zero-order valence-electron chi connectivity index (χ0n) is 9.47. The van der Waals surface area contributed by atoms with Crippen molar-refractivity contribution in [1.29, 1.82) is 0 Å². The van der Waals surface area contributed by atoms with E-state index in [2.05, 4.69) is 33.0 Å². The van der Waals surface area contributed by atoms with Crippen molar-refractivity contribution in [3.63, 3.8) is 0 Å². The molecule has 0 aliphatic rings. The second-order valence-electron chi connectivity index (χ2n) is 4.45. The molecule has 0 saturated carbocycles. The largest absolute Gasteiger partial charge is 0.345 e. The van der Waals surface area contributed by atoms with Crippen molar-refractivity contribution in [3.05, 3.63) is 0 Å². The molecule has 0 spiro atoms. The molecule has 78 valence electrons. The zero-order valence-corrected chi connectivity index (χ0v) is 10.3. The van der Waals surface area contributed by atoms with Gasteiger partial charge in [-0.15, -0.1) is 0 Å². The van der Waals surface area contributed by atoms with E-state index in [1.54, 1.807) is 0 Å². The highest BCUT2D eigenvalue weighted by Crippen LogP contribution is 2.32. The molecule has 0 rings (SSSR count). The van der Waals surface area contributed by atoms with Gasteiger partial charge >= 0.3 is 0 Å². The normalized spacial score (nSPS) is 12.3. The molecule has 1 amide bonds. The second-order valence-corrected chi connectivity index (χ2v) is 6.07. The van der Waals surface area contributed by atoms with Crippen molar-refractivity contribution < 1.29 is 4.79 Å². The molecule has 0 aromatic rings. The van der Waals surface area contributed by atoms with E-state index < -0.39 is 0 Å². The molecule has 0 heterocycles. The Kier molecular flexibility index (Phi) is 4.82. The molecule has 13 heavy (non-hydrogen) atoms. The lowest BCUT2D eigenvalue weighted by Gasteiger charge is -2.27. The van der Waals surface area contributed by atoms with Gasteiger partial charge in [0.15, 0.2) is 0 Å². The third-order valence-electron chi connectivity index (χ3n) is 2.15. The minimum atomic E-state index is 0.0129. The van der Waals surface area contributed by atoms with Gasteiger partial charge in [0.25, 0.3) is 5.24 Å². The van der Waals surface area contributed by atoms with E-state index in [1.165, 1.54) is 11.8 Å². The topological polar surface area (TPSA) is 29.1 Å². The Morgan fingerprint density at radius 3 is 2.00 bits per heavy atom. The molecule has 0 aliphatic carbocycles. The third-order valence-corrected chi connectivity index (χ3v) is 3.45. The van der Waals surface area contributed by atoms with E-state index in [-0.39, 0.29) is 16.0 Å². The molecular weight excluding hydrogens is 182 g/mol. The molecule has 0 aliphatic heterocycles. The average molecular weight is 203 g/mol. The summed E-state index contributed by atoms with van der Waals surface area (Å²) in [5.74, 6) is 0.496. The van der Waals surface area contributed by atoms with Crippen molar-refractivity contribution in [1.82, 2.24) is 5.32 Å². The van der Waals surface area contributed by atoms with Gasteiger partial charge in [-0.25, -0.2) is 0 Å². The first kappa shape index (κ1) is 12.8. The van der Waals surface area contributed by atoms with Gasteiger partial charge in [0.1, 0.15) is 0 Å². The smallest absolute Gasteiger partial charge is 0.279 e. The Labute approximate surface area is 85.9 Å². The molecule has 0 atom stereocenters. The summed E-state index contributed by atoms with van der Waals surface area (Å²) >= 11 is 1.39. The minimum Gasteiger partial charge on any atom is -0.345 e. The molecule has 2 nitrogen and oxygen atoms in total. The molecule has 1 N–H and O–H groups in total. The van der Waals surface area contributed by atoms with Crippen LogP contribution in [0.15, 0.2) is 0 Å². The van der Waals surface area contributed by atoms with E-state index in [0.29, 0.717) is 5.92 Å². The fraction of sp³-hybridized carbons (Fsp3) is 0.900. The molecule has 0 unspecified atom stereocenters. The fourth-order valence-electron chi connectivity index (χ4n) is 0.622. The Morgan fingerprint density at radius 1 is 1.23 bits per heavy atom. The summed E-state index contributed by atoms with van der Waals surface area (Å²) < 4.78 is 0.0129. The van der Waals surface area contributed by atoms with Crippen molar-refractivity contribution in [2.45, 2.75) is 52.3 Å². The van der Waals surface area contributed by atoms with Crippen LogP contribution in [0.1, 0.15) is 41.5 Å². The summed E-state index contributed by atoms with van der Waals surface area (Å²) in [6.07, 6.45) is 0. The lowest BCUT2D eigenvalue weighted by Crippen LogP contribution is -2.32. The van der Waals surface area contributed by atoms with Gasteiger partial charge in [0, 0.05) is 10.8 Å². The average Bonchev–Trinajstić information content (AvgIpc) is 1.82. The van der Waals surface area contributed by atoms with Crippen LogP contribution in [0, 0.1) is 5.92 Å². The maximum atomic E-state index is 11.4. The van der Waals surface area contributed by atoms with Crippen LogP contribution in [0.3, 0.4) is 0 Å². The predicted octanol–water partition coefficient (Wildman–Crippen LogP) is 3.27. The summed E-state index contributed by atoms with van der Waals surface area (Å²) in [5, 5.41) is 2.96. The monoisotopic (exact) mass is 203 g/mol. The van der Waals surface area contributed by atoms with E-state index in [9.17, 15) is 4.79 Å². The summed E-state index contributed by atoms with van der Waals surface area (Å²) in [7, 11) is 0. The first-order chi connectivity index (χ1) is 5.75. The molecule has 0 saturated heterocycles. The standard InChI is InChI=1S/C10H21NOS/c1-7(2)10(5,6)13-9(12)11-8(3)4/h7-8H,1-6H3,(H,11,12). The van der Waals surface area contributed by atoms with Crippen LogP contribution in [0.4, 0.5) is 4.79 Å². The summed E-state index contributed by atoms with van der Waals surface area (Å²) in [4.78, 5) is 11.4. The van der Waals surface area contributed by atoms with E-state index in [0.717, 1.165) is 0 Å². The lowest BCUT2D eigenvalue weighted by atomic mass is 10.00. The van der Waals surface area contributed by atoms with Crippen molar-refractivity contribution in [2.24, 2.45) is 5.92 Å². The first-order valence-corrected chi connectivity index (χ1v) is 5.57. The lowest BCUT2D eigenvalue weighted by molar-refractivity contribution is 0.258. The number of amides is 1. The number of nitrogens with one attached hydrogen (secondary N) is 1. The van der Waals surface area contributed by atoms with E-state index >= 15 is 0 Å². The van der Waals surface area contributed by atoms with Gasteiger partial charge in [0.05, 0.1) is 0 Å². The maximum absolute atomic E-state index is 11.4. The van der Waals surface area contributed by atoms with Crippen LogP contribution >= 0.6 is 11.8 Å². The quantitative estimate of drug-likeness (QED) is 0.762. The highest BCUT2D eigenvalue weighted by Gasteiger charge is 2.26. The van der Waals surface area contributed by atoms with Gasteiger partial charge in [-0.3, -0.25) is 4.79 Å². The number of carbonyl (C=O) groups is 1.